The molecule has 3 atom stereocenters. The molecule has 0 saturated carbocycles. The number of allylic oxidation sites excluding steroid dienone is 1. The molecule has 0 radical (unpaired) electrons. The Morgan fingerprint density at radius 1 is 1.23 bits per heavy atom. The second-order valence-electron chi connectivity index (χ2n) is 6.68. The van der Waals surface area contributed by atoms with Crippen LogP contribution in [0, 0.1) is 11.8 Å². The van der Waals surface area contributed by atoms with E-state index in [4.69, 9.17) is 9.47 Å². The van der Waals surface area contributed by atoms with Crippen molar-refractivity contribution in [3.63, 3.8) is 0 Å². The van der Waals surface area contributed by atoms with E-state index in [9.17, 15) is 0 Å². The lowest BCUT2D eigenvalue weighted by Crippen LogP contribution is -3.14. The van der Waals surface area contributed by atoms with Crippen LogP contribution in [0.3, 0.4) is 0 Å². The fourth-order valence-corrected chi connectivity index (χ4v) is 3.56. The molecule has 2 rings (SSSR count). The Balaban J connectivity index is 1.87. The van der Waals surface area contributed by atoms with Gasteiger partial charge in [-0.05, 0) is 30.5 Å². The summed E-state index contributed by atoms with van der Waals surface area (Å²) in [6.07, 6.45) is 4.12. The molecule has 1 saturated heterocycles. The predicted molar refractivity (Wildman–Crippen MR) is 90.9 cm³/mol. The van der Waals surface area contributed by atoms with Crippen molar-refractivity contribution in [1.29, 1.82) is 0 Å². The molecular weight excluding hydrogens is 274 g/mol. The smallest absolute Gasteiger partial charge is 0.161 e. The van der Waals surface area contributed by atoms with Crippen LogP contribution in [0.1, 0.15) is 25.8 Å². The van der Waals surface area contributed by atoms with E-state index in [1.165, 1.54) is 25.1 Å². The van der Waals surface area contributed by atoms with Gasteiger partial charge in [-0.2, -0.15) is 0 Å². The molecule has 1 fully saturated rings. The normalized spacial score (nSPS) is 24.8. The quantitative estimate of drug-likeness (QED) is 0.782. The summed E-state index contributed by atoms with van der Waals surface area (Å²) in [4.78, 5) is 1.66. The number of benzene rings is 1. The monoisotopic (exact) mass is 304 g/mol. The lowest BCUT2D eigenvalue weighted by molar-refractivity contribution is -0.912. The van der Waals surface area contributed by atoms with Crippen LogP contribution in [-0.4, -0.2) is 33.4 Å². The molecule has 0 bridgehead atoms. The summed E-state index contributed by atoms with van der Waals surface area (Å²) in [6, 6.07) is 6.13. The van der Waals surface area contributed by atoms with E-state index in [-0.39, 0.29) is 0 Å². The fourth-order valence-electron chi connectivity index (χ4n) is 3.56. The van der Waals surface area contributed by atoms with E-state index in [0.29, 0.717) is 0 Å². The summed E-state index contributed by atoms with van der Waals surface area (Å²) in [5.41, 5.74) is 1.20. The highest BCUT2D eigenvalue weighted by Crippen LogP contribution is 2.28. The number of quaternary nitrogens is 1. The first kappa shape index (κ1) is 16.9. The largest absolute Gasteiger partial charge is 0.493 e. The van der Waals surface area contributed by atoms with E-state index in [1.54, 1.807) is 12.0 Å². The van der Waals surface area contributed by atoms with Crippen LogP contribution in [0.15, 0.2) is 30.9 Å². The number of hydrogen-bond acceptors (Lipinski definition) is 2. The molecule has 0 spiro atoms. The third-order valence-electron chi connectivity index (χ3n) is 4.40. The Morgan fingerprint density at radius 2 is 1.95 bits per heavy atom. The molecule has 1 aromatic carbocycles. The van der Waals surface area contributed by atoms with Crippen LogP contribution in [0.5, 0.6) is 11.5 Å². The number of nitrogens with one attached hydrogen (secondary N) is 1. The molecule has 1 heterocycles. The lowest BCUT2D eigenvalue weighted by Gasteiger charge is -2.31. The van der Waals surface area contributed by atoms with Crippen molar-refractivity contribution in [2.24, 2.45) is 11.8 Å². The Morgan fingerprint density at radius 3 is 2.59 bits per heavy atom. The van der Waals surface area contributed by atoms with Gasteiger partial charge in [0.15, 0.2) is 11.5 Å². The van der Waals surface area contributed by atoms with Crippen LogP contribution in [0.4, 0.5) is 0 Å². The van der Waals surface area contributed by atoms with Gasteiger partial charge in [0, 0.05) is 11.8 Å². The van der Waals surface area contributed by atoms with Gasteiger partial charge in [0.25, 0.3) is 0 Å². The minimum Gasteiger partial charge on any atom is -0.493 e. The van der Waals surface area contributed by atoms with Crippen molar-refractivity contribution in [2.45, 2.75) is 26.7 Å². The molecule has 0 amide bonds. The first-order valence-electron chi connectivity index (χ1n) is 8.36. The highest BCUT2D eigenvalue weighted by atomic mass is 16.5. The maximum absolute atomic E-state index is 5.96. The first-order chi connectivity index (χ1) is 10.6. The topological polar surface area (TPSA) is 22.9 Å². The lowest BCUT2D eigenvalue weighted by atomic mass is 9.92. The SMILES string of the molecule is C=CCc1ccc(OCC[NH+]2C[C@H](C)C[C@H](C)C2)c(OC)c1. The Bertz CT molecular complexity index is 476. The number of piperidine rings is 1. The summed E-state index contributed by atoms with van der Waals surface area (Å²) in [6.45, 7) is 12.8. The average Bonchev–Trinajstić information content (AvgIpc) is 2.48. The molecule has 0 aromatic heterocycles. The van der Waals surface area contributed by atoms with Gasteiger partial charge < -0.3 is 14.4 Å². The van der Waals surface area contributed by atoms with Crippen LogP contribution >= 0.6 is 0 Å². The Labute approximate surface area is 134 Å². The second-order valence-corrected chi connectivity index (χ2v) is 6.68. The highest BCUT2D eigenvalue weighted by molar-refractivity contribution is 5.43. The molecule has 1 unspecified atom stereocenters. The summed E-state index contributed by atoms with van der Waals surface area (Å²) in [5, 5.41) is 0. The van der Waals surface area contributed by atoms with Gasteiger partial charge in [-0.1, -0.05) is 26.0 Å². The van der Waals surface area contributed by atoms with Crippen molar-refractivity contribution in [3.8, 4) is 11.5 Å². The van der Waals surface area contributed by atoms with Crippen molar-refractivity contribution in [2.75, 3.05) is 33.4 Å². The molecule has 1 aliphatic heterocycles. The second kappa shape index (κ2) is 8.23. The molecule has 0 aliphatic carbocycles. The molecule has 3 heteroatoms. The molecule has 1 aromatic rings. The van der Waals surface area contributed by atoms with Gasteiger partial charge in [0.1, 0.15) is 13.2 Å². The number of ether oxygens (including phenoxy) is 2. The number of hydrogen-bond donors (Lipinski definition) is 1. The molecule has 1 N–H and O–H groups in total. The molecule has 1 aliphatic rings. The Kier molecular flexibility index (Phi) is 6.32. The summed E-state index contributed by atoms with van der Waals surface area (Å²) in [5.74, 6) is 3.31. The summed E-state index contributed by atoms with van der Waals surface area (Å²) < 4.78 is 11.4. The van der Waals surface area contributed by atoms with Gasteiger partial charge in [-0.25, -0.2) is 0 Å². The molecule has 122 valence electrons. The number of methoxy groups -OCH3 is 1. The number of likely N-dealkylation sites (tertiary alicyclic amines) is 1. The van der Waals surface area contributed by atoms with Crippen molar-refractivity contribution >= 4 is 0 Å². The third-order valence-corrected chi connectivity index (χ3v) is 4.40. The minimum absolute atomic E-state index is 0.742. The average molecular weight is 304 g/mol. The maximum atomic E-state index is 5.96. The van der Waals surface area contributed by atoms with E-state index in [1.807, 2.05) is 18.2 Å². The van der Waals surface area contributed by atoms with Crippen molar-refractivity contribution in [1.82, 2.24) is 0 Å². The van der Waals surface area contributed by atoms with E-state index >= 15 is 0 Å². The van der Waals surface area contributed by atoms with Gasteiger partial charge in [0.05, 0.1) is 20.2 Å². The van der Waals surface area contributed by atoms with Gasteiger partial charge >= 0.3 is 0 Å². The Hall–Kier alpha value is -1.48. The third kappa shape index (κ3) is 4.77. The zero-order valence-electron chi connectivity index (χ0n) is 14.2. The minimum atomic E-state index is 0.742. The molecular formula is C19H30NO2+. The van der Waals surface area contributed by atoms with Gasteiger partial charge in [-0.3, -0.25) is 0 Å². The van der Waals surface area contributed by atoms with Crippen LogP contribution in [-0.2, 0) is 6.42 Å². The van der Waals surface area contributed by atoms with E-state index in [0.717, 1.165) is 42.9 Å². The summed E-state index contributed by atoms with van der Waals surface area (Å²) in [7, 11) is 1.69. The molecule has 3 nitrogen and oxygen atoms in total. The molecule has 22 heavy (non-hydrogen) atoms. The van der Waals surface area contributed by atoms with Gasteiger partial charge in [-0.15, -0.1) is 6.58 Å². The van der Waals surface area contributed by atoms with Crippen LogP contribution < -0.4 is 14.4 Å². The maximum Gasteiger partial charge on any atom is 0.161 e. The first-order valence-corrected chi connectivity index (χ1v) is 8.36. The van der Waals surface area contributed by atoms with Gasteiger partial charge in [0.2, 0.25) is 0 Å². The van der Waals surface area contributed by atoms with Crippen molar-refractivity contribution in [3.05, 3.63) is 36.4 Å². The highest BCUT2D eigenvalue weighted by Gasteiger charge is 2.24. The zero-order chi connectivity index (χ0) is 15.9. The predicted octanol–water partition coefficient (Wildman–Crippen LogP) is 2.36. The van der Waals surface area contributed by atoms with Crippen molar-refractivity contribution < 1.29 is 14.4 Å². The zero-order valence-corrected chi connectivity index (χ0v) is 14.2. The van der Waals surface area contributed by atoms with E-state index in [2.05, 4.69) is 26.5 Å². The number of rotatable bonds is 7. The fraction of sp³-hybridized carbons (Fsp3) is 0.579. The van der Waals surface area contributed by atoms with Crippen LogP contribution in [0.2, 0.25) is 0 Å². The van der Waals surface area contributed by atoms with E-state index < -0.39 is 0 Å². The van der Waals surface area contributed by atoms with Crippen LogP contribution in [0.25, 0.3) is 0 Å². The summed E-state index contributed by atoms with van der Waals surface area (Å²) >= 11 is 0. The standard InChI is InChI=1S/C19H29NO2/c1-5-6-17-7-8-18(19(12-17)21-4)22-10-9-20-13-15(2)11-16(3)14-20/h5,7-8,12,15-16H,1,6,9-11,13-14H2,2-4H3/p+1/t15-,16+.